The van der Waals surface area contributed by atoms with E-state index in [2.05, 4.69) is 27.3 Å². The quantitative estimate of drug-likeness (QED) is 0.499. The Balaban J connectivity index is 1.51. The second kappa shape index (κ2) is 6.91. The van der Waals surface area contributed by atoms with Crippen LogP contribution in [0.25, 0.3) is 21.8 Å². The maximum atomic E-state index is 13.0. The molecular formula is C23H23N3O2. The van der Waals surface area contributed by atoms with Crippen LogP contribution in [0.2, 0.25) is 0 Å². The second-order valence-corrected chi connectivity index (χ2v) is 7.66. The Morgan fingerprint density at radius 2 is 1.89 bits per heavy atom. The first-order chi connectivity index (χ1) is 13.7. The van der Waals surface area contributed by atoms with Gasteiger partial charge in [0.2, 0.25) is 0 Å². The molecule has 2 aromatic carbocycles. The number of benzene rings is 2. The Hall–Kier alpha value is -2.92. The summed E-state index contributed by atoms with van der Waals surface area (Å²) in [6.45, 7) is 3.55. The van der Waals surface area contributed by atoms with E-state index in [1.165, 1.54) is 0 Å². The normalized spacial score (nSPS) is 16.6. The molecular weight excluding hydrogens is 350 g/mol. The number of nitrogens with zero attached hydrogens (tertiary/aromatic N) is 1. The van der Waals surface area contributed by atoms with Crippen LogP contribution in [-0.4, -0.2) is 34.2 Å². The van der Waals surface area contributed by atoms with E-state index < -0.39 is 0 Å². The van der Waals surface area contributed by atoms with Gasteiger partial charge in [0.1, 0.15) is 0 Å². The van der Waals surface area contributed by atoms with E-state index in [4.69, 9.17) is 4.74 Å². The fourth-order valence-electron chi connectivity index (χ4n) is 4.21. The van der Waals surface area contributed by atoms with E-state index in [0.717, 1.165) is 59.1 Å². The van der Waals surface area contributed by atoms with Crippen molar-refractivity contribution in [2.75, 3.05) is 13.2 Å². The van der Waals surface area contributed by atoms with Gasteiger partial charge in [-0.05, 0) is 36.6 Å². The monoisotopic (exact) mass is 373 g/mol. The molecule has 4 aromatic rings. The first-order valence-electron chi connectivity index (χ1n) is 9.88. The molecule has 2 N–H and O–H groups in total. The minimum Gasteiger partial charge on any atom is -0.381 e. The Morgan fingerprint density at radius 1 is 1.11 bits per heavy atom. The average Bonchev–Trinajstić information content (AvgIpc) is 3.35. The maximum absolute atomic E-state index is 13.0. The molecule has 1 saturated heterocycles. The van der Waals surface area contributed by atoms with Crippen LogP contribution in [0.4, 0.5) is 0 Å². The molecule has 0 saturated carbocycles. The number of hydrogen-bond acceptors (Lipinski definition) is 3. The van der Waals surface area contributed by atoms with Gasteiger partial charge in [-0.1, -0.05) is 37.3 Å². The average molecular weight is 373 g/mol. The molecule has 0 unspecified atom stereocenters. The Bertz CT molecular complexity index is 1140. The molecule has 2 aromatic heterocycles. The third-order valence-electron chi connectivity index (χ3n) is 5.90. The lowest BCUT2D eigenvalue weighted by Gasteiger charge is -2.20. The lowest BCUT2D eigenvalue weighted by atomic mass is 9.94. The zero-order valence-corrected chi connectivity index (χ0v) is 15.9. The molecule has 0 amide bonds. The van der Waals surface area contributed by atoms with E-state index >= 15 is 0 Å². The highest BCUT2D eigenvalue weighted by molar-refractivity contribution is 6.05. The lowest BCUT2D eigenvalue weighted by Crippen LogP contribution is -2.14. The molecule has 142 valence electrons. The van der Waals surface area contributed by atoms with Crippen molar-refractivity contribution in [2.45, 2.75) is 31.6 Å². The fraction of sp³-hybridized carbons (Fsp3) is 0.304. The second-order valence-electron chi connectivity index (χ2n) is 7.66. The van der Waals surface area contributed by atoms with Crippen molar-refractivity contribution in [1.82, 2.24) is 15.2 Å². The smallest absolute Gasteiger partial charge is 0.186 e. The molecule has 5 nitrogen and oxygen atoms in total. The molecule has 0 spiro atoms. The molecule has 1 aliphatic rings. The van der Waals surface area contributed by atoms with E-state index in [1.54, 1.807) is 0 Å². The number of Topliss-reactive ketones (excluding diaryl/α,β-unsaturated/α-hetero) is 1. The molecule has 5 rings (SSSR count). The number of carbonyl (C=O) groups is 1. The van der Waals surface area contributed by atoms with Crippen molar-refractivity contribution in [3.8, 4) is 0 Å². The number of ketones is 1. The summed E-state index contributed by atoms with van der Waals surface area (Å²) in [5, 5.41) is 9.95. The number of aromatic amines is 2. The first kappa shape index (κ1) is 17.2. The van der Waals surface area contributed by atoms with Gasteiger partial charge in [-0.15, -0.1) is 0 Å². The van der Waals surface area contributed by atoms with Gasteiger partial charge in [-0.25, -0.2) is 0 Å². The van der Waals surface area contributed by atoms with Gasteiger partial charge < -0.3 is 9.72 Å². The van der Waals surface area contributed by atoms with Crippen molar-refractivity contribution >= 4 is 27.6 Å². The minimum atomic E-state index is -0.182. The van der Waals surface area contributed by atoms with Crippen molar-refractivity contribution < 1.29 is 9.53 Å². The molecule has 3 heterocycles. The van der Waals surface area contributed by atoms with Gasteiger partial charge in [-0.3, -0.25) is 9.89 Å². The third kappa shape index (κ3) is 2.92. The molecule has 0 radical (unpaired) electrons. The van der Waals surface area contributed by atoms with Crippen LogP contribution in [0.1, 0.15) is 53.3 Å². The van der Waals surface area contributed by atoms with Crippen molar-refractivity contribution in [2.24, 2.45) is 0 Å². The number of rotatable bonds is 4. The predicted molar refractivity (Wildman–Crippen MR) is 110 cm³/mol. The summed E-state index contributed by atoms with van der Waals surface area (Å²) in [6.07, 6.45) is 2.01. The number of aromatic nitrogens is 3. The number of carbonyl (C=O) groups excluding carboxylic acids is 1. The van der Waals surface area contributed by atoms with Crippen molar-refractivity contribution in [1.29, 1.82) is 0 Å². The third-order valence-corrected chi connectivity index (χ3v) is 5.90. The molecule has 1 atom stereocenters. The van der Waals surface area contributed by atoms with Crippen LogP contribution < -0.4 is 0 Å². The Labute approximate surface area is 163 Å². The van der Waals surface area contributed by atoms with E-state index in [9.17, 15) is 4.79 Å². The van der Waals surface area contributed by atoms with Crippen molar-refractivity contribution in [3.63, 3.8) is 0 Å². The molecule has 1 aliphatic heterocycles. The summed E-state index contributed by atoms with van der Waals surface area (Å²) in [5.41, 5.74) is 4.76. The zero-order chi connectivity index (χ0) is 19.1. The van der Waals surface area contributed by atoms with Crippen LogP contribution in [0.3, 0.4) is 0 Å². The zero-order valence-electron chi connectivity index (χ0n) is 15.9. The number of fused-ring (bicyclic) bond motifs is 2. The molecule has 28 heavy (non-hydrogen) atoms. The van der Waals surface area contributed by atoms with Gasteiger partial charge in [0.15, 0.2) is 5.78 Å². The van der Waals surface area contributed by atoms with Crippen LogP contribution in [0.15, 0.2) is 48.5 Å². The number of H-pyrrole nitrogens is 2. The van der Waals surface area contributed by atoms with Gasteiger partial charge in [-0.2, -0.15) is 5.10 Å². The van der Waals surface area contributed by atoms with E-state index in [-0.39, 0.29) is 11.7 Å². The van der Waals surface area contributed by atoms with Gasteiger partial charge in [0, 0.05) is 41.3 Å². The molecule has 1 fully saturated rings. The first-order valence-corrected chi connectivity index (χ1v) is 9.88. The highest BCUT2D eigenvalue weighted by atomic mass is 16.5. The largest absolute Gasteiger partial charge is 0.381 e. The van der Waals surface area contributed by atoms with Crippen LogP contribution in [-0.2, 0) is 4.74 Å². The summed E-state index contributed by atoms with van der Waals surface area (Å²) < 4.78 is 5.49. The number of hydrogen-bond donors (Lipinski definition) is 2. The highest BCUT2D eigenvalue weighted by Crippen LogP contribution is 2.33. The Kier molecular flexibility index (Phi) is 4.24. The SMILES string of the molecule is C[C@@H](C(=O)c1cc2cc3c(C4CCOCC4)n[nH]c3cc2[nH]1)c1ccccc1. The molecule has 0 aliphatic carbocycles. The van der Waals surface area contributed by atoms with Crippen LogP contribution in [0, 0.1) is 0 Å². The van der Waals surface area contributed by atoms with E-state index in [1.807, 2.05) is 43.3 Å². The Morgan fingerprint density at radius 3 is 2.68 bits per heavy atom. The predicted octanol–water partition coefficient (Wildman–Crippen LogP) is 4.92. The van der Waals surface area contributed by atoms with Crippen LogP contribution >= 0.6 is 0 Å². The molecule has 5 heteroatoms. The summed E-state index contributed by atoms with van der Waals surface area (Å²) in [5.74, 6) is 0.352. The standard InChI is InChI=1S/C23H23N3O2/c1-14(15-5-3-2-4-6-15)23(27)21-12-17-11-18-20(13-19(17)24-21)25-26-22(18)16-7-9-28-10-8-16/h2-6,11-14,16,24H,7-10H2,1H3,(H,25,26)/t14-/m1/s1. The number of nitrogens with one attached hydrogen (secondary N) is 2. The minimum absolute atomic E-state index is 0.105. The van der Waals surface area contributed by atoms with Gasteiger partial charge in [0.05, 0.1) is 16.9 Å². The lowest BCUT2D eigenvalue weighted by molar-refractivity contribution is 0.0847. The van der Waals surface area contributed by atoms with Crippen LogP contribution in [0.5, 0.6) is 0 Å². The summed E-state index contributed by atoms with van der Waals surface area (Å²) in [4.78, 5) is 16.3. The summed E-state index contributed by atoms with van der Waals surface area (Å²) in [6, 6.07) is 16.1. The highest BCUT2D eigenvalue weighted by Gasteiger charge is 2.22. The molecule has 0 bridgehead atoms. The fourth-order valence-corrected chi connectivity index (χ4v) is 4.21. The van der Waals surface area contributed by atoms with Gasteiger partial charge >= 0.3 is 0 Å². The van der Waals surface area contributed by atoms with E-state index in [0.29, 0.717) is 11.6 Å². The topological polar surface area (TPSA) is 70.8 Å². The van der Waals surface area contributed by atoms with Gasteiger partial charge in [0.25, 0.3) is 0 Å². The number of ether oxygens (including phenoxy) is 1. The van der Waals surface area contributed by atoms with Crippen molar-refractivity contribution in [3.05, 3.63) is 65.5 Å². The maximum Gasteiger partial charge on any atom is 0.186 e. The summed E-state index contributed by atoms with van der Waals surface area (Å²) in [7, 11) is 0. The summed E-state index contributed by atoms with van der Waals surface area (Å²) >= 11 is 0.